The van der Waals surface area contributed by atoms with E-state index < -0.39 is 0 Å². The monoisotopic (exact) mass is 203 g/mol. The molecular formula is C11H10FN3. The fourth-order valence-electron chi connectivity index (χ4n) is 1.32. The molecule has 0 bridgehead atoms. The molecule has 0 aliphatic heterocycles. The Balaban J connectivity index is 2.25. The van der Waals surface area contributed by atoms with Gasteiger partial charge in [-0.2, -0.15) is 0 Å². The van der Waals surface area contributed by atoms with Gasteiger partial charge >= 0.3 is 0 Å². The number of benzene rings is 1. The highest BCUT2D eigenvalue weighted by atomic mass is 19.1. The predicted molar refractivity (Wildman–Crippen MR) is 55.7 cm³/mol. The van der Waals surface area contributed by atoms with Crippen molar-refractivity contribution in [2.24, 2.45) is 0 Å². The highest BCUT2D eigenvalue weighted by molar-refractivity contribution is 5.41. The zero-order valence-electron chi connectivity index (χ0n) is 8.02. The van der Waals surface area contributed by atoms with Crippen LogP contribution in [-0.4, -0.2) is 9.97 Å². The topological polar surface area (TPSA) is 51.8 Å². The van der Waals surface area contributed by atoms with E-state index in [1.165, 1.54) is 6.07 Å². The molecule has 0 radical (unpaired) electrons. The van der Waals surface area contributed by atoms with Gasteiger partial charge in [0.1, 0.15) is 5.82 Å². The number of anilines is 1. The van der Waals surface area contributed by atoms with E-state index in [0.29, 0.717) is 17.7 Å². The zero-order chi connectivity index (χ0) is 10.7. The molecule has 2 rings (SSSR count). The molecule has 0 saturated carbocycles. The summed E-state index contributed by atoms with van der Waals surface area (Å²) in [7, 11) is 0. The normalized spacial score (nSPS) is 10.2. The van der Waals surface area contributed by atoms with Crippen molar-refractivity contribution in [1.82, 2.24) is 9.97 Å². The first kappa shape index (κ1) is 9.58. The number of nitrogens with two attached hydrogens (primary N) is 1. The van der Waals surface area contributed by atoms with Crippen molar-refractivity contribution in [1.29, 1.82) is 0 Å². The maximum atomic E-state index is 13.4. The van der Waals surface area contributed by atoms with Crippen molar-refractivity contribution in [3.63, 3.8) is 0 Å². The Morgan fingerprint density at radius 3 is 2.80 bits per heavy atom. The number of hydrogen-bond donors (Lipinski definition) is 1. The van der Waals surface area contributed by atoms with Crippen LogP contribution in [0.3, 0.4) is 0 Å². The Kier molecular flexibility index (Phi) is 2.58. The molecule has 15 heavy (non-hydrogen) atoms. The molecule has 3 nitrogen and oxygen atoms in total. The summed E-state index contributed by atoms with van der Waals surface area (Å²) >= 11 is 0. The number of hydrogen-bond acceptors (Lipinski definition) is 3. The van der Waals surface area contributed by atoms with E-state index in [2.05, 4.69) is 9.97 Å². The Morgan fingerprint density at radius 1 is 1.27 bits per heavy atom. The third-order valence-corrected chi connectivity index (χ3v) is 2.07. The van der Waals surface area contributed by atoms with Gasteiger partial charge in [-0.05, 0) is 17.7 Å². The molecule has 0 aliphatic carbocycles. The lowest BCUT2D eigenvalue weighted by Crippen LogP contribution is -1.97. The number of rotatable bonds is 2. The van der Waals surface area contributed by atoms with Crippen molar-refractivity contribution < 1.29 is 4.39 Å². The first-order chi connectivity index (χ1) is 7.25. The van der Waals surface area contributed by atoms with Crippen LogP contribution in [0.25, 0.3) is 0 Å². The summed E-state index contributed by atoms with van der Waals surface area (Å²) in [6.07, 6.45) is 5.23. The second kappa shape index (κ2) is 4.04. The van der Waals surface area contributed by atoms with E-state index in [-0.39, 0.29) is 5.82 Å². The molecular weight excluding hydrogens is 193 g/mol. The van der Waals surface area contributed by atoms with Crippen LogP contribution in [0.15, 0.2) is 36.8 Å². The summed E-state index contributed by atoms with van der Waals surface area (Å²) < 4.78 is 13.4. The Hall–Kier alpha value is -1.97. The molecule has 4 heteroatoms. The molecule has 2 N–H and O–H groups in total. The largest absolute Gasteiger partial charge is 0.399 e. The fourth-order valence-corrected chi connectivity index (χ4v) is 1.32. The molecule has 0 amide bonds. The van der Waals surface area contributed by atoms with Crippen molar-refractivity contribution in [3.8, 4) is 0 Å². The van der Waals surface area contributed by atoms with E-state index in [0.717, 1.165) is 5.69 Å². The minimum Gasteiger partial charge on any atom is -0.399 e. The standard InChI is InChI=1S/C11H10FN3/c12-11-6-9(13)2-1-8(11)5-10-7-14-3-4-15-10/h1-4,6-7H,5,13H2. The van der Waals surface area contributed by atoms with E-state index in [9.17, 15) is 4.39 Å². The summed E-state index contributed by atoms with van der Waals surface area (Å²) in [5.41, 5.74) is 7.19. The lowest BCUT2D eigenvalue weighted by molar-refractivity contribution is 0.614. The van der Waals surface area contributed by atoms with E-state index >= 15 is 0 Å². The molecule has 1 heterocycles. The van der Waals surface area contributed by atoms with Crippen LogP contribution in [0.1, 0.15) is 11.3 Å². The molecule has 2 aromatic rings. The minimum atomic E-state index is -0.305. The molecule has 0 unspecified atom stereocenters. The second-order valence-electron chi connectivity index (χ2n) is 3.22. The van der Waals surface area contributed by atoms with Crippen LogP contribution >= 0.6 is 0 Å². The number of nitrogens with zero attached hydrogens (tertiary/aromatic N) is 2. The van der Waals surface area contributed by atoms with Gasteiger partial charge in [0.25, 0.3) is 0 Å². The maximum absolute atomic E-state index is 13.4. The van der Waals surface area contributed by atoms with E-state index in [1.807, 2.05) is 0 Å². The Labute approximate surface area is 86.8 Å². The number of aromatic nitrogens is 2. The zero-order valence-corrected chi connectivity index (χ0v) is 8.02. The quantitative estimate of drug-likeness (QED) is 0.757. The summed E-state index contributed by atoms with van der Waals surface area (Å²) in [6, 6.07) is 4.65. The van der Waals surface area contributed by atoms with Crippen LogP contribution in [-0.2, 0) is 6.42 Å². The number of nitrogen functional groups attached to an aromatic ring is 1. The van der Waals surface area contributed by atoms with E-state index in [1.54, 1.807) is 30.7 Å². The van der Waals surface area contributed by atoms with Gasteiger partial charge in [-0.3, -0.25) is 9.97 Å². The van der Waals surface area contributed by atoms with Crippen LogP contribution in [0.4, 0.5) is 10.1 Å². The highest BCUT2D eigenvalue weighted by Gasteiger charge is 2.04. The smallest absolute Gasteiger partial charge is 0.128 e. The fraction of sp³-hybridized carbons (Fsp3) is 0.0909. The van der Waals surface area contributed by atoms with Crippen LogP contribution in [0.5, 0.6) is 0 Å². The van der Waals surface area contributed by atoms with Crippen LogP contribution < -0.4 is 5.73 Å². The average molecular weight is 203 g/mol. The van der Waals surface area contributed by atoms with Crippen LogP contribution in [0.2, 0.25) is 0 Å². The van der Waals surface area contributed by atoms with Gasteiger partial charge in [0.2, 0.25) is 0 Å². The van der Waals surface area contributed by atoms with Gasteiger partial charge < -0.3 is 5.73 Å². The Morgan fingerprint density at radius 2 is 2.13 bits per heavy atom. The minimum absolute atomic E-state index is 0.305. The molecule has 1 aromatic heterocycles. The molecule has 0 saturated heterocycles. The molecule has 1 aromatic carbocycles. The SMILES string of the molecule is Nc1ccc(Cc2cnccn2)c(F)c1. The summed E-state index contributed by atoms with van der Waals surface area (Å²) in [5, 5.41) is 0. The molecule has 0 fully saturated rings. The Bertz CT molecular complexity index is 457. The summed E-state index contributed by atoms with van der Waals surface area (Å²) in [5.74, 6) is -0.305. The van der Waals surface area contributed by atoms with Gasteiger partial charge in [0.05, 0.1) is 5.69 Å². The maximum Gasteiger partial charge on any atom is 0.128 e. The first-order valence-electron chi connectivity index (χ1n) is 4.54. The van der Waals surface area contributed by atoms with Crippen molar-refractivity contribution >= 4 is 5.69 Å². The lowest BCUT2D eigenvalue weighted by atomic mass is 10.1. The van der Waals surface area contributed by atoms with Crippen LogP contribution in [0, 0.1) is 5.82 Å². The summed E-state index contributed by atoms with van der Waals surface area (Å²) in [6.45, 7) is 0. The van der Waals surface area contributed by atoms with Gasteiger partial charge in [0.15, 0.2) is 0 Å². The third kappa shape index (κ3) is 2.28. The molecule has 0 atom stereocenters. The first-order valence-corrected chi connectivity index (χ1v) is 4.54. The van der Waals surface area contributed by atoms with E-state index in [4.69, 9.17) is 5.73 Å². The van der Waals surface area contributed by atoms with Gasteiger partial charge in [0, 0.05) is 30.7 Å². The van der Waals surface area contributed by atoms with Gasteiger partial charge in [-0.25, -0.2) is 4.39 Å². The average Bonchev–Trinajstić information content (AvgIpc) is 2.24. The second-order valence-corrected chi connectivity index (χ2v) is 3.22. The van der Waals surface area contributed by atoms with Gasteiger partial charge in [-0.1, -0.05) is 6.07 Å². The highest BCUT2D eigenvalue weighted by Crippen LogP contribution is 2.14. The molecule has 0 spiro atoms. The lowest BCUT2D eigenvalue weighted by Gasteiger charge is -2.03. The van der Waals surface area contributed by atoms with Gasteiger partial charge in [-0.15, -0.1) is 0 Å². The summed E-state index contributed by atoms with van der Waals surface area (Å²) in [4.78, 5) is 8.00. The molecule has 76 valence electrons. The molecule has 0 aliphatic rings. The van der Waals surface area contributed by atoms with Crippen molar-refractivity contribution in [3.05, 3.63) is 53.9 Å². The third-order valence-electron chi connectivity index (χ3n) is 2.07. The number of halogens is 1. The van der Waals surface area contributed by atoms with Crippen molar-refractivity contribution in [2.45, 2.75) is 6.42 Å². The predicted octanol–water partition coefficient (Wildman–Crippen LogP) is 1.79. The van der Waals surface area contributed by atoms with Crippen molar-refractivity contribution in [2.75, 3.05) is 5.73 Å².